The van der Waals surface area contributed by atoms with E-state index in [1.165, 1.54) is 6.26 Å². The van der Waals surface area contributed by atoms with Crippen molar-refractivity contribution in [2.75, 3.05) is 24.8 Å². The van der Waals surface area contributed by atoms with Crippen LogP contribution in [-0.4, -0.2) is 47.6 Å². The number of rotatable bonds is 5. The van der Waals surface area contributed by atoms with Crippen LogP contribution in [0.5, 0.6) is 0 Å². The molecule has 2 aromatic carbocycles. The summed E-state index contributed by atoms with van der Waals surface area (Å²) in [7, 11) is -3.25. The van der Waals surface area contributed by atoms with Gasteiger partial charge in [0.25, 0.3) is 0 Å². The minimum atomic E-state index is -3.25. The third-order valence-corrected chi connectivity index (χ3v) is 8.17. The average molecular weight is 514 g/mol. The van der Waals surface area contributed by atoms with Gasteiger partial charge in [0.1, 0.15) is 5.82 Å². The summed E-state index contributed by atoms with van der Waals surface area (Å²) in [5, 5.41) is 11.1. The summed E-state index contributed by atoms with van der Waals surface area (Å²) in [5.41, 5.74) is 4.96. The molecule has 6 rings (SSSR count). The monoisotopic (exact) mass is 513 g/mol. The maximum atomic E-state index is 11.8. The molecule has 188 valence electrons. The molecule has 9 heteroatoms. The Morgan fingerprint density at radius 3 is 2.51 bits per heavy atom. The predicted octanol–water partition coefficient (Wildman–Crippen LogP) is 5.45. The van der Waals surface area contributed by atoms with E-state index in [0.29, 0.717) is 11.9 Å². The second-order valence-electron chi connectivity index (χ2n) is 9.48. The van der Waals surface area contributed by atoms with E-state index >= 15 is 0 Å². The van der Waals surface area contributed by atoms with Gasteiger partial charge in [0.2, 0.25) is 0 Å². The van der Waals surface area contributed by atoms with Crippen molar-refractivity contribution in [3.63, 3.8) is 0 Å². The lowest BCUT2D eigenvalue weighted by molar-refractivity contribution is 0.0675. The SMILES string of the molecule is Cc1c(-c2nccc3cnc(Nc4ccc(S(C)(=O)=O)cc4)cc23)ccc2c1cnn2C1CCOCC1. The van der Waals surface area contributed by atoms with Gasteiger partial charge in [0.05, 0.1) is 28.3 Å². The molecule has 1 fully saturated rings. The summed E-state index contributed by atoms with van der Waals surface area (Å²) in [4.78, 5) is 9.60. The molecule has 0 amide bonds. The van der Waals surface area contributed by atoms with Crippen molar-refractivity contribution in [1.82, 2.24) is 19.7 Å². The summed E-state index contributed by atoms with van der Waals surface area (Å²) in [6.45, 7) is 3.67. The van der Waals surface area contributed by atoms with Crippen molar-refractivity contribution in [3.8, 4) is 11.3 Å². The summed E-state index contributed by atoms with van der Waals surface area (Å²) in [6, 6.07) is 15.2. The van der Waals surface area contributed by atoms with Crippen molar-refractivity contribution in [2.45, 2.75) is 30.7 Å². The molecule has 1 N–H and O–H groups in total. The average Bonchev–Trinajstić information content (AvgIpc) is 3.34. The lowest BCUT2D eigenvalue weighted by atomic mass is 9.98. The van der Waals surface area contributed by atoms with Crippen LogP contribution in [0.15, 0.2) is 72.0 Å². The van der Waals surface area contributed by atoms with Crippen LogP contribution in [0.3, 0.4) is 0 Å². The fourth-order valence-electron chi connectivity index (χ4n) is 5.02. The standard InChI is InChI=1S/C28H27N5O3S/c1-18-23(7-8-26-25(18)17-31-33(26)21-10-13-36-14-11-21)28-24-15-27(30-16-19(24)9-12-29-28)32-20-3-5-22(6-4-20)37(2,34)35/h3-9,12,15-17,21H,10-11,13-14H2,1-2H3,(H,30,32). The van der Waals surface area contributed by atoms with E-state index < -0.39 is 9.84 Å². The summed E-state index contributed by atoms with van der Waals surface area (Å²) in [6.07, 6.45) is 8.74. The number of fused-ring (bicyclic) bond motifs is 2. The van der Waals surface area contributed by atoms with Crippen LogP contribution in [0.1, 0.15) is 24.4 Å². The number of ether oxygens (including phenoxy) is 1. The highest BCUT2D eigenvalue weighted by atomic mass is 32.2. The van der Waals surface area contributed by atoms with Gasteiger partial charge in [-0.25, -0.2) is 13.4 Å². The Balaban J connectivity index is 1.38. The van der Waals surface area contributed by atoms with Gasteiger partial charge in [-0.1, -0.05) is 6.07 Å². The number of nitrogens with zero attached hydrogens (tertiary/aromatic N) is 4. The minimum Gasteiger partial charge on any atom is -0.381 e. The highest BCUT2D eigenvalue weighted by molar-refractivity contribution is 7.90. The lowest BCUT2D eigenvalue weighted by Crippen LogP contribution is -2.20. The predicted molar refractivity (Wildman–Crippen MR) is 145 cm³/mol. The van der Waals surface area contributed by atoms with E-state index in [-0.39, 0.29) is 4.90 Å². The van der Waals surface area contributed by atoms with Gasteiger partial charge < -0.3 is 10.1 Å². The Kier molecular flexibility index (Phi) is 5.89. The number of pyridine rings is 2. The van der Waals surface area contributed by atoms with Crippen LogP contribution < -0.4 is 5.32 Å². The molecule has 8 nitrogen and oxygen atoms in total. The molecule has 37 heavy (non-hydrogen) atoms. The quantitative estimate of drug-likeness (QED) is 0.333. The zero-order valence-corrected chi connectivity index (χ0v) is 21.5. The molecule has 5 aromatic rings. The number of anilines is 2. The van der Waals surface area contributed by atoms with Gasteiger partial charge in [-0.05, 0) is 67.8 Å². The van der Waals surface area contributed by atoms with Gasteiger partial charge in [-0.15, -0.1) is 0 Å². The number of aromatic nitrogens is 4. The summed E-state index contributed by atoms with van der Waals surface area (Å²) < 4.78 is 31.2. The van der Waals surface area contributed by atoms with Crippen molar-refractivity contribution < 1.29 is 13.2 Å². The molecule has 0 radical (unpaired) electrons. The number of aryl methyl sites for hydroxylation is 1. The van der Waals surface area contributed by atoms with Gasteiger partial charge in [-0.2, -0.15) is 5.10 Å². The zero-order chi connectivity index (χ0) is 25.6. The Bertz CT molecular complexity index is 1720. The molecule has 0 spiro atoms. The fourth-order valence-corrected chi connectivity index (χ4v) is 5.65. The van der Waals surface area contributed by atoms with Crippen molar-refractivity contribution in [3.05, 3.63) is 72.7 Å². The van der Waals surface area contributed by atoms with Gasteiger partial charge in [0, 0.05) is 59.3 Å². The lowest BCUT2D eigenvalue weighted by Gasteiger charge is -2.23. The smallest absolute Gasteiger partial charge is 0.175 e. The largest absolute Gasteiger partial charge is 0.381 e. The number of hydrogen-bond acceptors (Lipinski definition) is 7. The highest BCUT2D eigenvalue weighted by Crippen LogP contribution is 2.35. The normalized spacial score (nSPS) is 14.9. The molecule has 1 saturated heterocycles. The van der Waals surface area contributed by atoms with E-state index in [0.717, 1.165) is 70.2 Å². The second-order valence-corrected chi connectivity index (χ2v) is 11.5. The van der Waals surface area contributed by atoms with Gasteiger partial charge >= 0.3 is 0 Å². The van der Waals surface area contributed by atoms with Crippen molar-refractivity contribution >= 4 is 43.0 Å². The Labute approximate surface area is 215 Å². The van der Waals surface area contributed by atoms with E-state index in [1.54, 1.807) is 24.3 Å². The first-order chi connectivity index (χ1) is 17.9. The molecule has 3 aromatic heterocycles. The number of sulfone groups is 1. The molecular weight excluding hydrogens is 486 g/mol. The van der Waals surface area contributed by atoms with E-state index in [4.69, 9.17) is 14.8 Å². The van der Waals surface area contributed by atoms with E-state index in [1.807, 2.05) is 30.7 Å². The fraction of sp³-hybridized carbons (Fsp3) is 0.250. The third-order valence-electron chi connectivity index (χ3n) is 7.04. The minimum absolute atomic E-state index is 0.280. The number of hydrogen-bond donors (Lipinski definition) is 1. The van der Waals surface area contributed by atoms with Crippen molar-refractivity contribution in [2.24, 2.45) is 0 Å². The molecule has 0 aliphatic carbocycles. The Morgan fingerprint density at radius 1 is 0.973 bits per heavy atom. The molecule has 0 saturated carbocycles. The first-order valence-corrected chi connectivity index (χ1v) is 14.1. The molecule has 1 aliphatic rings. The second kappa shape index (κ2) is 9.24. The first kappa shape index (κ1) is 23.6. The van der Waals surface area contributed by atoms with Crippen LogP contribution in [0.4, 0.5) is 11.5 Å². The van der Waals surface area contributed by atoms with Crippen LogP contribution >= 0.6 is 0 Å². The maximum absolute atomic E-state index is 11.8. The molecule has 4 heterocycles. The molecule has 0 atom stereocenters. The Morgan fingerprint density at radius 2 is 1.76 bits per heavy atom. The van der Waals surface area contributed by atoms with E-state index in [9.17, 15) is 8.42 Å². The van der Waals surface area contributed by atoms with Crippen molar-refractivity contribution in [1.29, 1.82) is 0 Å². The van der Waals surface area contributed by atoms with E-state index in [2.05, 4.69) is 34.0 Å². The zero-order valence-electron chi connectivity index (χ0n) is 20.7. The van der Waals surface area contributed by atoms with Crippen LogP contribution in [0.25, 0.3) is 32.9 Å². The van der Waals surface area contributed by atoms with Crippen LogP contribution in [0, 0.1) is 6.92 Å². The molecule has 1 aliphatic heterocycles. The summed E-state index contributed by atoms with van der Waals surface area (Å²) >= 11 is 0. The van der Waals surface area contributed by atoms with Crippen LogP contribution in [-0.2, 0) is 14.6 Å². The summed E-state index contributed by atoms with van der Waals surface area (Å²) in [5.74, 6) is 0.653. The third kappa shape index (κ3) is 4.45. The molecule has 0 unspecified atom stereocenters. The molecular formula is C28H27N5O3S. The number of nitrogens with one attached hydrogen (secondary N) is 1. The van der Waals surface area contributed by atoms with Gasteiger partial charge in [-0.3, -0.25) is 9.67 Å². The van der Waals surface area contributed by atoms with Crippen LogP contribution in [0.2, 0.25) is 0 Å². The molecule has 0 bridgehead atoms. The highest BCUT2D eigenvalue weighted by Gasteiger charge is 2.20. The van der Waals surface area contributed by atoms with Gasteiger partial charge in [0.15, 0.2) is 9.84 Å². The topological polar surface area (TPSA) is 99.0 Å². The first-order valence-electron chi connectivity index (χ1n) is 12.3. The Hall–Kier alpha value is -3.82. The number of benzene rings is 2. The maximum Gasteiger partial charge on any atom is 0.175 e.